The number of esters is 1. The highest BCUT2D eigenvalue weighted by molar-refractivity contribution is 5.91. The second-order valence-corrected chi connectivity index (χ2v) is 10.4. The first-order valence-electron chi connectivity index (χ1n) is 11.4. The molecule has 2 aliphatic heterocycles. The number of fused-ring (bicyclic) bond motifs is 5. The highest BCUT2D eigenvalue weighted by atomic mass is 16.6. The molecule has 2 heterocycles. The van der Waals surface area contributed by atoms with Gasteiger partial charge in [-0.25, -0.2) is 9.59 Å². The predicted octanol–water partition coefficient (Wildman–Crippen LogP) is 1.23. The van der Waals surface area contributed by atoms with Crippen LogP contribution < -0.4 is 10.6 Å². The summed E-state index contributed by atoms with van der Waals surface area (Å²) in [6.45, 7) is 6.39. The van der Waals surface area contributed by atoms with E-state index in [4.69, 9.17) is 9.47 Å². The summed E-state index contributed by atoms with van der Waals surface area (Å²) in [6, 6.07) is -1.67. The van der Waals surface area contributed by atoms with Crippen LogP contribution in [0.5, 0.6) is 0 Å². The number of carbonyl (C=O) groups excluding carboxylic acids is 4. The van der Waals surface area contributed by atoms with Crippen LogP contribution in [0.1, 0.15) is 40.0 Å². The molecule has 176 valence electrons. The Morgan fingerprint density at radius 3 is 2.59 bits per heavy atom. The fourth-order valence-corrected chi connectivity index (χ4v) is 5.83. The minimum atomic E-state index is -0.949. The van der Waals surface area contributed by atoms with Crippen LogP contribution in [0.2, 0.25) is 0 Å². The van der Waals surface area contributed by atoms with Crippen molar-refractivity contribution in [3.8, 4) is 0 Å². The molecular formula is C23H33N3O6. The molecule has 4 rings (SSSR count). The standard InChI is InChI=1S/C23H33N3O6/c1-23(2,3)32-22(30)26-11-15-12-5-6-13(9-12)17(15)18(26)20(28)25-16(21(29)31-4)10-14-7-8-24-19(14)27/h5-6,12-18H,7-11H2,1-4H3,(H,24,27)(H,25,28)/t12-,13+,14+,15-,16+,17+,18+/m1/s1. The third kappa shape index (κ3) is 4.21. The normalized spacial score (nSPS) is 33.6. The van der Waals surface area contributed by atoms with E-state index in [0.717, 1.165) is 6.42 Å². The van der Waals surface area contributed by atoms with Crippen LogP contribution >= 0.6 is 0 Å². The molecule has 0 unspecified atom stereocenters. The Kier molecular flexibility index (Phi) is 5.94. The van der Waals surface area contributed by atoms with Crippen LogP contribution in [0.25, 0.3) is 0 Å². The summed E-state index contributed by atoms with van der Waals surface area (Å²) < 4.78 is 10.5. The van der Waals surface area contributed by atoms with Gasteiger partial charge in [0, 0.05) is 19.0 Å². The maximum atomic E-state index is 13.5. The first kappa shape index (κ1) is 22.6. The molecule has 0 aromatic carbocycles. The summed E-state index contributed by atoms with van der Waals surface area (Å²) in [6.07, 6.45) is 5.58. The molecule has 2 N–H and O–H groups in total. The molecule has 2 aliphatic carbocycles. The smallest absolute Gasteiger partial charge is 0.410 e. The maximum absolute atomic E-state index is 13.5. The molecule has 9 nitrogen and oxygen atoms in total. The van der Waals surface area contributed by atoms with Crippen LogP contribution in [0.4, 0.5) is 4.79 Å². The van der Waals surface area contributed by atoms with Crippen molar-refractivity contribution in [3.05, 3.63) is 12.2 Å². The molecule has 3 fully saturated rings. The van der Waals surface area contributed by atoms with Gasteiger partial charge in [0.1, 0.15) is 17.7 Å². The lowest BCUT2D eigenvalue weighted by atomic mass is 9.81. The number of nitrogens with one attached hydrogen (secondary N) is 2. The van der Waals surface area contributed by atoms with Gasteiger partial charge in [-0.2, -0.15) is 0 Å². The first-order valence-corrected chi connectivity index (χ1v) is 11.4. The molecule has 1 saturated carbocycles. The molecule has 0 radical (unpaired) electrons. The molecule has 9 heteroatoms. The lowest BCUT2D eigenvalue weighted by Gasteiger charge is -2.32. The SMILES string of the molecule is COC(=O)[C@H](C[C@@H]1CCNC1=O)NC(=O)[C@@H]1[C@@H]2[C@H](CN1C(=O)OC(C)(C)C)[C@@H]1C=C[C@H]2C1. The van der Waals surface area contributed by atoms with E-state index in [1.165, 1.54) is 12.0 Å². The van der Waals surface area contributed by atoms with E-state index < -0.39 is 35.7 Å². The Hall–Kier alpha value is -2.58. The summed E-state index contributed by atoms with van der Waals surface area (Å²) in [5.74, 6) is -0.694. The lowest BCUT2D eigenvalue weighted by Crippen LogP contribution is -2.54. The quantitative estimate of drug-likeness (QED) is 0.484. The zero-order valence-corrected chi connectivity index (χ0v) is 19.1. The minimum absolute atomic E-state index is 0.00871. The summed E-state index contributed by atoms with van der Waals surface area (Å²) in [4.78, 5) is 52.5. The molecule has 3 amide bonds. The van der Waals surface area contributed by atoms with Crippen molar-refractivity contribution in [3.63, 3.8) is 0 Å². The van der Waals surface area contributed by atoms with Gasteiger partial charge in [0.2, 0.25) is 11.8 Å². The third-order valence-corrected chi connectivity index (χ3v) is 7.18. The van der Waals surface area contributed by atoms with Gasteiger partial charge in [0.05, 0.1) is 7.11 Å². The van der Waals surface area contributed by atoms with Gasteiger partial charge in [-0.1, -0.05) is 12.2 Å². The monoisotopic (exact) mass is 447 g/mol. The zero-order chi connectivity index (χ0) is 23.2. The predicted molar refractivity (Wildman–Crippen MR) is 114 cm³/mol. The van der Waals surface area contributed by atoms with Gasteiger partial charge < -0.3 is 20.1 Å². The van der Waals surface area contributed by atoms with E-state index in [1.54, 1.807) is 20.8 Å². The van der Waals surface area contributed by atoms with Gasteiger partial charge in [0.25, 0.3) is 0 Å². The summed E-state index contributed by atoms with van der Waals surface area (Å²) in [5, 5.41) is 5.56. The van der Waals surface area contributed by atoms with Crippen LogP contribution in [0.3, 0.4) is 0 Å². The Bertz CT molecular complexity index is 834. The molecule has 4 aliphatic rings. The summed E-state index contributed by atoms with van der Waals surface area (Å²) in [7, 11) is 1.26. The number of likely N-dealkylation sites (tertiary alicyclic amines) is 1. The van der Waals surface area contributed by atoms with Crippen LogP contribution in [-0.2, 0) is 23.9 Å². The zero-order valence-electron chi connectivity index (χ0n) is 19.1. The van der Waals surface area contributed by atoms with Crippen molar-refractivity contribution in [2.75, 3.05) is 20.2 Å². The number of amides is 3. The van der Waals surface area contributed by atoms with E-state index in [1.807, 2.05) is 0 Å². The number of nitrogens with zero attached hydrogens (tertiary/aromatic N) is 1. The Balaban J connectivity index is 1.54. The van der Waals surface area contributed by atoms with E-state index in [-0.39, 0.29) is 36.0 Å². The van der Waals surface area contributed by atoms with Crippen molar-refractivity contribution in [1.29, 1.82) is 0 Å². The number of rotatable bonds is 5. The second kappa shape index (κ2) is 8.41. The molecule has 2 bridgehead atoms. The van der Waals surface area contributed by atoms with Crippen molar-refractivity contribution in [2.45, 2.75) is 57.7 Å². The second-order valence-electron chi connectivity index (χ2n) is 10.4. The molecule has 0 spiro atoms. The van der Waals surface area contributed by atoms with E-state index in [9.17, 15) is 19.2 Å². The van der Waals surface area contributed by atoms with Crippen LogP contribution in [-0.4, -0.2) is 66.7 Å². The molecule has 0 aromatic rings. The highest BCUT2D eigenvalue weighted by Gasteiger charge is 2.58. The molecule has 0 aromatic heterocycles. The number of allylic oxidation sites excluding steroid dienone is 2. The topological polar surface area (TPSA) is 114 Å². The molecule has 7 atom stereocenters. The largest absolute Gasteiger partial charge is 0.467 e. The van der Waals surface area contributed by atoms with Gasteiger partial charge in [-0.3, -0.25) is 14.5 Å². The number of hydrogen-bond acceptors (Lipinski definition) is 6. The van der Waals surface area contributed by atoms with Gasteiger partial charge >= 0.3 is 12.1 Å². The van der Waals surface area contributed by atoms with E-state index in [2.05, 4.69) is 22.8 Å². The fraction of sp³-hybridized carbons (Fsp3) is 0.739. The Labute approximate surface area is 188 Å². The average Bonchev–Trinajstić information content (AvgIpc) is 3.47. The van der Waals surface area contributed by atoms with Crippen LogP contribution in [0.15, 0.2) is 12.2 Å². The summed E-state index contributed by atoms with van der Waals surface area (Å²) in [5.41, 5.74) is -0.683. The van der Waals surface area contributed by atoms with Crippen molar-refractivity contribution in [1.82, 2.24) is 15.5 Å². The number of carbonyl (C=O) groups is 4. The van der Waals surface area contributed by atoms with Crippen molar-refractivity contribution >= 4 is 23.9 Å². The number of ether oxygens (including phenoxy) is 2. The Morgan fingerprint density at radius 2 is 1.97 bits per heavy atom. The van der Waals surface area contributed by atoms with E-state index >= 15 is 0 Å². The lowest BCUT2D eigenvalue weighted by molar-refractivity contribution is -0.146. The third-order valence-electron chi connectivity index (χ3n) is 7.18. The van der Waals surface area contributed by atoms with E-state index in [0.29, 0.717) is 25.4 Å². The minimum Gasteiger partial charge on any atom is -0.467 e. The summed E-state index contributed by atoms with van der Waals surface area (Å²) >= 11 is 0. The first-order chi connectivity index (χ1) is 15.1. The van der Waals surface area contributed by atoms with Gasteiger partial charge in [0.15, 0.2) is 0 Å². The van der Waals surface area contributed by atoms with Crippen molar-refractivity contribution in [2.24, 2.45) is 29.6 Å². The van der Waals surface area contributed by atoms with Gasteiger partial charge in [-0.05, 0) is 63.7 Å². The molecule has 2 saturated heterocycles. The molecular weight excluding hydrogens is 414 g/mol. The average molecular weight is 448 g/mol. The van der Waals surface area contributed by atoms with Crippen LogP contribution in [0, 0.1) is 29.6 Å². The number of methoxy groups -OCH3 is 1. The fourth-order valence-electron chi connectivity index (χ4n) is 5.83. The van der Waals surface area contributed by atoms with Crippen molar-refractivity contribution < 1.29 is 28.7 Å². The Morgan fingerprint density at radius 1 is 1.25 bits per heavy atom. The number of hydrogen-bond donors (Lipinski definition) is 2. The molecule has 32 heavy (non-hydrogen) atoms. The van der Waals surface area contributed by atoms with Gasteiger partial charge in [-0.15, -0.1) is 0 Å². The highest BCUT2D eigenvalue weighted by Crippen LogP contribution is 2.54. The maximum Gasteiger partial charge on any atom is 0.410 e.